The minimum Gasteiger partial charge on any atom is -0.480 e. The summed E-state index contributed by atoms with van der Waals surface area (Å²) >= 11 is 1.08. The number of nitrogens with zero attached hydrogens (tertiary/aromatic N) is 1. The van der Waals surface area contributed by atoms with Crippen LogP contribution in [0, 0.1) is 0 Å². The van der Waals surface area contributed by atoms with Crippen LogP contribution in [0.4, 0.5) is 5.69 Å². The molecule has 2 rings (SSSR count). The molecule has 1 amide bonds. The number of carbonyl (C=O) groups excluding carboxylic acids is 2. The Morgan fingerprint density at radius 2 is 2.05 bits per heavy atom. The molecule has 1 atom stereocenters. The first kappa shape index (κ1) is 15.6. The molecule has 1 heterocycles. The van der Waals surface area contributed by atoms with Crippen molar-refractivity contribution in [3.8, 4) is 0 Å². The van der Waals surface area contributed by atoms with E-state index < -0.39 is 12.0 Å². The Hall–Kier alpha value is -1.82. The second-order valence-corrected chi connectivity index (χ2v) is 6.15. The number of carboxylic acids is 1. The van der Waals surface area contributed by atoms with Gasteiger partial charge in [-0.3, -0.25) is 14.5 Å². The van der Waals surface area contributed by atoms with Gasteiger partial charge in [-0.15, -0.1) is 0 Å². The molecule has 0 aromatic heterocycles. The van der Waals surface area contributed by atoms with Crippen molar-refractivity contribution in [3.63, 3.8) is 0 Å². The predicted octanol–water partition coefficient (Wildman–Crippen LogP) is 2.09. The number of aryl methyl sites for hydroxylation is 1. The first-order chi connectivity index (χ1) is 10.0. The molecule has 0 aliphatic carbocycles. The molecule has 1 aliphatic heterocycles. The molecular formula is C15H17NO4S. The first-order valence-corrected chi connectivity index (χ1v) is 7.75. The SMILES string of the molecule is CC(=O)SCCC(=O)N1c2ccccc2CCC1C(=O)O. The summed E-state index contributed by atoms with van der Waals surface area (Å²) in [6.07, 6.45) is 1.22. The number of carbonyl (C=O) groups is 3. The second kappa shape index (κ2) is 6.76. The third kappa shape index (κ3) is 3.64. The van der Waals surface area contributed by atoms with E-state index in [1.807, 2.05) is 12.1 Å². The van der Waals surface area contributed by atoms with Crippen LogP contribution in [0.2, 0.25) is 0 Å². The van der Waals surface area contributed by atoms with Gasteiger partial charge in [0.15, 0.2) is 5.12 Å². The molecule has 5 nitrogen and oxygen atoms in total. The molecule has 0 saturated heterocycles. The molecule has 0 saturated carbocycles. The first-order valence-electron chi connectivity index (χ1n) is 6.77. The molecule has 21 heavy (non-hydrogen) atoms. The van der Waals surface area contributed by atoms with Crippen LogP contribution in [0.1, 0.15) is 25.3 Å². The van der Waals surface area contributed by atoms with Crippen molar-refractivity contribution in [2.24, 2.45) is 0 Å². The lowest BCUT2D eigenvalue weighted by atomic mass is 9.95. The number of fused-ring (bicyclic) bond motifs is 1. The van der Waals surface area contributed by atoms with Gasteiger partial charge in [0.1, 0.15) is 6.04 Å². The lowest BCUT2D eigenvalue weighted by molar-refractivity contribution is -0.140. The fourth-order valence-corrected chi connectivity index (χ4v) is 3.06. The lowest BCUT2D eigenvalue weighted by Crippen LogP contribution is -2.48. The van der Waals surface area contributed by atoms with E-state index in [-0.39, 0.29) is 17.4 Å². The van der Waals surface area contributed by atoms with E-state index in [0.29, 0.717) is 24.3 Å². The number of thioether (sulfide) groups is 1. The van der Waals surface area contributed by atoms with Crippen molar-refractivity contribution in [3.05, 3.63) is 29.8 Å². The monoisotopic (exact) mass is 307 g/mol. The zero-order valence-corrected chi connectivity index (χ0v) is 12.6. The van der Waals surface area contributed by atoms with E-state index in [0.717, 1.165) is 17.3 Å². The Bertz CT molecular complexity index is 573. The smallest absolute Gasteiger partial charge is 0.326 e. The quantitative estimate of drug-likeness (QED) is 0.922. The minimum atomic E-state index is -0.989. The Kier molecular flexibility index (Phi) is 5.01. The maximum Gasteiger partial charge on any atom is 0.326 e. The van der Waals surface area contributed by atoms with Gasteiger partial charge < -0.3 is 5.11 Å². The number of para-hydroxylation sites is 1. The normalized spacial score (nSPS) is 17.2. The maximum atomic E-state index is 12.4. The number of amides is 1. The van der Waals surface area contributed by atoms with E-state index in [9.17, 15) is 19.5 Å². The van der Waals surface area contributed by atoms with E-state index in [1.165, 1.54) is 11.8 Å². The van der Waals surface area contributed by atoms with Crippen LogP contribution in [-0.4, -0.2) is 33.9 Å². The largest absolute Gasteiger partial charge is 0.480 e. The third-order valence-electron chi connectivity index (χ3n) is 3.42. The third-order valence-corrected chi connectivity index (χ3v) is 4.24. The van der Waals surface area contributed by atoms with Crippen molar-refractivity contribution < 1.29 is 19.5 Å². The van der Waals surface area contributed by atoms with Crippen LogP contribution in [0.5, 0.6) is 0 Å². The Balaban J connectivity index is 2.21. The zero-order chi connectivity index (χ0) is 15.4. The highest BCUT2D eigenvalue weighted by Gasteiger charge is 2.34. The molecule has 0 spiro atoms. The van der Waals surface area contributed by atoms with Crippen LogP contribution in [0.25, 0.3) is 0 Å². The number of benzene rings is 1. The average Bonchev–Trinajstić information content (AvgIpc) is 2.45. The van der Waals surface area contributed by atoms with Gasteiger partial charge >= 0.3 is 5.97 Å². The van der Waals surface area contributed by atoms with Crippen LogP contribution in [0.3, 0.4) is 0 Å². The van der Waals surface area contributed by atoms with Gasteiger partial charge in [-0.2, -0.15) is 0 Å². The number of hydrogen-bond donors (Lipinski definition) is 1. The second-order valence-electron chi connectivity index (χ2n) is 4.88. The van der Waals surface area contributed by atoms with Gasteiger partial charge in [0.2, 0.25) is 5.91 Å². The predicted molar refractivity (Wildman–Crippen MR) is 81.4 cm³/mol. The minimum absolute atomic E-state index is 0.0448. The zero-order valence-electron chi connectivity index (χ0n) is 11.7. The molecule has 1 aromatic carbocycles. The number of anilines is 1. The molecule has 0 radical (unpaired) electrons. The summed E-state index contributed by atoms with van der Waals surface area (Å²) in [6.45, 7) is 1.45. The Morgan fingerprint density at radius 3 is 2.71 bits per heavy atom. The van der Waals surface area contributed by atoms with Crippen molar-refractivity contribution in [1.82, 2.24) is 0 Å². The van der Waals surface area contributed by atoms with E-state index in [2.05, 4.69) is 0 Å². The summed E-state index contributed by atoms with van der Waals surface area (Å²) in [5.41, 5.74) is 1.66. The molecule has 0 bridgehead atoms. The molecule has 1 aromatic rings. The standard InChI is InChI=1S/C15H17NO4S/c1-10(17)21-9-8-14(18)16-12-5-3-2-4-11(12)6-7-13(16)15(19)20/h2-5,13H,6-9H2,1H3,(H,19,20). The van der Waals surface area contributed by atoms with Crippen molar-refractivity contribution in [2.75, 3.05) is 10.7 Å². The van der Waals surface area contributed by atoms with Crippen LogP contribution in [0.15, 0.2) is 24.3 Å². The van der Waals surface area contributed by atoms with E-state index in [4.69, 9.17) is 0 Å². The van der Waals surface area contributed by atoms with Gasteiger partial charge in [-0.25, -0.2) is 4.79 Å². The fourth-order valence-electron chi connectivity index (χ4n) is 2.49. The Morgan fingerprint density at radius 1 is 1.33 bits per heavy atom. The molecule has 1 N–H and O–H groups in total. The highest BCUT2D eigenvalue weighted by Crippen LogP contribution is 2.31. The molecule has 0 fully saturated rings. The highest BCUT2D eigenvalue weighted by atomic mass is 32.2. The van der Waals surface area contributed by atoms with Crippen LogP contribution < -0.4 is 4.90 Å². The van der Waals surface area contributed by atoms with Crippen LogP contribution >= 0.6 is 11.8 Å². The average molecular weight is 307 g/mol. The number of carboxylic acid groups (broad SMARTS) is 1. The van der Waals surface area contributed by atoms with Gasteiger partial charge in [0.25, 0.3) is 0 Å². The number of hydrogen-bond acceptors (Lipinski definition) is 4. The van der Waals surface area contributed by atoms with Gasteiger partial charge in [-0.05, 0) is 24.5 Å². The van der Waals surface area contributed by atoms with Crippen molar-refractivity contribution in [2.45, 2.75) is 32.2 Å². The summed E-state index contributed by atoms with van der Waals surface area (Å²) in [5.74, 6) is -0.862. The summed E-state index contributed by atoms with van der Waals surface area (Å²) in [7, 11) is 0. The lowest BCUT2D eigenvalue weighted by Gasteiger charge is -2.34. The number of aliphatic carboxylic acids is 1. The summed E-state index contributed by atoms with van der Waals surface area (Å²) in [5, 5.41) is 9.30. The van der Waals surface area contributed by atoms with Crippen molar-refractivity contribution in [1.29, 1.82) is 0 Å². The topological polar surface area (TPSA) is 74.7 Å². The molecule has 1 unspecified atom stereocenters. The maximum absolute atomic E-state index is 12.4. The molecule has 1 aliphatic rings. The Labute approximate surface area is 127 Å². The highest BCUT2D eigenvalue weighted by molar-refractivity contribution is 8.13. The summed E-state index contributed by atoms with van der Waals surface area (Å²) in [4.78, 5) is 36.1. The van der Waals surface area contributed by atoms with Gasteiger partial charge in [0.05, 0.1) is 0 Å². The molecular weight excluding hydrogens is 290 g/mol. The summed E-state index contributed by atoms with van der Waals surface area (Å²) in [6, 6.07) is 6.55. The molecule has 6 heteroatoms. The van der Waals surface area contributed by atoms with Crippen molar-refractivity contribution >= 4 is 34.4 Å². The van der Waals surface area contributed by atoms with Gasteiger partial charge in [-0.1, -0.05) is 30.0 Å². The van der Waals surface area contributed by atoms with Crippen LogP contribution in [-0.2, 0) is 20.8 Å². The number of rotatable bonds is 4. The molecule has 112 valence electrons. The van der Waals surface area contributed by atoms with Gasteiger partial charge in [0, 0.05) is 24.8 Å². The fraction of sp³-hybridized carbons (Fsp3) is 0.400. The van der Waals surface area contributed by atoms with E-state index >= 15 is 0 Å². The van der Waals surface area contributed by atoms with E-state index in [1.54, 1.807) is 12.1 Å². The summed E-state index contributed by atoms with van der Waals surface area (Å²) < 4.78 is 0.